The van der Waals surface area contributed by atoms with Crippen molar-refractivity contribution in [2.24, 2.45) is 11.8 Å². The summed E-state index contributed by atoms with van der Waals surface area (Å²) in [7, 11) is 2.13. The molecular weight excluding hydrogens is 208 g/mol. The van der Waals surface area contributed by atoms with Gasteiger partial charge in [-0.3, -0.25) is 4.90 Å². The van der Waals surface area contributed by atoms with Crippen LogP contribution >= 0.6 is 0 Å². The van der Waals surface area contributed by atoms with E-state index in [4.69, 9.17) is 0 Å². The van der Waals surface area contributed by atoms with E-state index < -0.39 is 0 Å². The van der Waals surface area contributed by atoms with Crippen LogP contribution in [0.3, 0.4) is 0 Å². The third-order valence-electron chi connectivity index (χ3n) is 4.98. The van der Waals surface area contributed by atoms with Crippen LogP contribution in [0.4, 0.5) is 0 Å². The van der Waals surface area contributed by atoms with E-state index >= 15 is 0 Å². The Bertz CT molecular complexity index is 229. The molecule has 2 nitrogen and oxygen atoms in total. The molecule has 0 bridgehead atoms. The van der Waals surface area contributed by atoms with Gasteiger partial charge in [-0.15, -0.1) is 0 Å². The number of nitrogens with one attached hydrogen (secondary N) is 1. The van der Waals surface area contributed by atoms with Gasteiger partial charge < -0.3 is 5.32 Å². The number of unbranched alkanes of at least 4 members (excludes halogenated alkanes) is 1. The second-order valence-corrected chi connectivity index (χ2v) is 6.31. The molecule has 1 heterocycles. The summed E-state index contributed by atoms with van der Waals surface area (Å²) in [4.78, 5) is 2.79. The second-order valence-electron chi connectivity index (χ2n) is 6.31. The first kappa shape index (κ1) is 13.4. The first-order chi connectivity index (χ1) is 8.24. The van der Waals surface area contributed by atoms with Crippen molar-refractivity contribution in [3.8, 4) is 0 Å². The van der Waals surface area contributed by atoms with E-state index in [-0.39, 0.29) is 0 Å². The molecular formula is C15H30N2. The first-order valence-corrected chi connectivity index (χ1v) is 7.65. The van der Waals surface area contributed by atoms with Gasteiger partial charge >= 0.3 is 0 Å². The normalized spacial score (nSPS) is 39.0. The van der Waals surface area contributed by atoms with Gasteiger partial charge in [-0.05, 0) is 44.6 Å². The molecule has 0 aromatic carbocycles. The second kappa shape index (κ2) is 6.19. The van der Waals surface area contributed by atoms with E-state index in [1.54, 1.807) is 0 Å². The highest BCUT2D eigenvalue weighted by Gasteiger charge is 2.36. The molecule has 1 aliphatic heterocycles. The van der Waals surface area contributed by atoms with E-state index in [2.05, 4.69) is 31.1 Å². The molecule has 4 unspecified atom stereocenters. The van der Waals surface area contributed by atoms with Gasteiger partial charge in [0.05, 0.1) is 0 Å². The number of nitrogens with zero attached hydrogens (tertiary/aromatic N) is 1. The molecule has 1 saturated carbocycles. The van der Waals surface area contributed by atoms with E-state index in [9.17, 15) is 0 Å². The van der Waals surface area contributed by atoms with Crippen LogP contribution in [-0.4, -0.2) is 37.1 Å². The monoisotopic (exact) mass is 238 g/mol. The van der Waals surface area contributed by atoms with Crippen molar-refractivity contribution in [1.29, 1.82) is 0 Å². The maximum atomic E-state index is 3.52. The van der Waals surface area contributed by atoms with Crippen LogP contribution in [-0.2, 0) is 0 Å². The van der Waals surface area contributed by atoms with Crippen molar-refractivity contribution in [1.82, 2.24) is 10.2 Å². The average Bonchev–Trinajstić information content (AvgIpc) is 2.34. The molecule has 2 rings (SSSR count). The molecule has 2 heteroatoms. The Balaban J connectivity index is 1.87. The van der Waals surface area contributed by atoms with Gasteiger partial charge in [-0.1, -0.05) is 26.7 Å². The van der Waals surface area contributed by atoms with E-state index in [0.717, 1.165) is 23.9 Å². The lowest BCUT2D eigenvalue weighted by Crippen LogP contribution is -2.56. The lowest BCUT2D eigenvalue weighted by Gasteiger charge is -2.48. The standard InChI is InChI=1S/C15H30N2/c1-4-5-6-13-9-14(16-3)11-17(10-13)15-8-7-12(15)2/h12-16H,4-11H2,1-3H3. The minimum atomic E-state index is 0.735. The summed E-state index contributed by atoms with van der Waals surface area (Å²) in [5.41, 5.74) is 0. The summed E-state index contributed by atoms with van der Waals surface area (Å²) in [6.07, 6.45) is 8.49. The highest BCUT2D eigenvalue weighted by molar-refractivity contribution is 4.92. The van der Waals surface area contributed by atoms with E-state index in [1.165, 1.54) is 51.6 Å². The third-order valence-corrected chi connectivity index (χ3v) is 4.98. The van der Waals surface area contributed by atoms with Crippen LogP contribution in [0.25, 0.3) is 0 Å². The van der Waals surface area contributed by atoms with Crippen LogP contribution in [0.5, 0.6) is 0 Å². The van der Waals surface area contributed by atoms with Crippen molar-refractivity contribution >= 4 is 0 Å². The molecule has 0 aromatic rings. The molecule has 0 radical (unpaired) electrons. The molecule has 1 aliphatic carbocycles. The Kier molecular flexibility index (Phi) is 4.87. The lowest BCUT2D eigenvalue weighted by atomic mass is 9.77. The summed E-state index contributed by atoms with van der Waals surface area (Å²) in [5, 5.41) is 3.52. The zero-order valence-electron chi connectivity index (χ0n) is 11.9. The smallest absolute Gasteiger partial charge is 0.0195 e. The summed E-state index contributed by atoms with van der Waals surface area (Å²) < 4.78 is 0. The quantitative estimate of drug-likeness (QED) is 0.792. The Morgan fingerprint density at radius 2 is 2.06 bits per heavy atom. The zero-order chi connectivity index (χ0) is 12.3. The fourth-order valence-corrected chi connectivity index (χ4v) is 3.61. The molecule has 1 N–H and O–H groups in total. The van der Waals surface area contributed by atoms with Gasteiger partial charge in [0.15, 0.2) is 0 Å². The summed E-state index contributed by atoms with van der Waals surface area (Å²) in [6, 6.07) is 1.63. The van der Waals surface area contributed by atoms with Gasteiger partial charge in [0.2, 0.25) is 0 Å². The Morgan fingerprint density at radius 3 is 2.59 bits per heavy atom. The highest BCUT2D eigenvalue weighted by Crippen LogP contribution is 2.35. The van der Waals surface area contributed by atoms with Crippen molar-refractivity contribution in [2.75, 3.05) is 20.1 Å². The van der Waals surface area contributed by atoms with Crippen LogP contribution in [0.1, 0.15) is 52.4 Å². The van der Waals surface area contributed by atoms with E-state index in [1.807, 2.05) is 0 Å². The van der Waals surface area contributed by atoms with Gasteiger partial charge in [-0.2, -0.15) is 0 Å². The average molecular weight is 238 g/mol. The topological polar surface area (TPSA) is 15.3 Å². The predicted octanol–water partition coefficient (Wildman–Crippen LogP) is 2.89. The maximum absolute atomic E-state index is 3.52. The summed E-state index contributed by atoms with van der Waals surface area (Å²) in [5.74, 6) is 1.88. The van der Waals surface area contributed by atoms with Crippen molar-refractivity contribution in [2.45, 2.75) is 64.5 Å². The largest absolute Gasteiger partial charge is 0.316 e. The van der Waals surface area contributed by atoms with Gasteiger partial charge in [0, 0.05) is 25.2 Å². The minimum Gasteiger partial charge on any atom is -0.316 e. The number of likely N-dealkylation sites (tertiary alicyclic amines) is 1. The number of piperidine rings is 1. The minimum absolute atomic E-state index is 0.735. The van der Waals surface area contributed by atoms with Gasteiger partial charge in [0.25, 0.3) is 0 Å². The lowest BCUT2D eigenvalue weighted by molar-refractivity contribution is 0.0220. The Hall–Kier alpha value is -0.0800. The summed E-state index contributed by atoms with van der Waals surface area (Å²) >= 11 is 0. The molecule has 17 heavy (non-hydrogen) atoms. The molecule has 4 atom stereocenters. The fraction of sp³-hybridized carbons (Fsp3) is 1.00. The van der Waals surface area contributed by atoms with Gasteiger partial charge in [-0.25, -0.2) is 0 Å². The molecule has 0 aromatic heterocycles. The van der Waals surface area contributed by atoms with Crippen LogP contribution < -0.4 is 5.32 Å². The molecule has 0 amide bonds. The maximum Gasteiger partial charge on any atom is 0.0195 e. The van der Waals surface area contributed by atoms with Crippen molar-refractivity contribution in [3.63, 3.8) is 0 Å². The third kappa shape index (κ3) is 3.23. The fourth-order valence-electron chi connectivity index (χ4n) is 3.61. The zero-order valence-corrected chi connectivity index (χ0v) is 11.9. The van der Waals surface area contributed by atoms with Crippen LogP contribution in [0, 0.1) is 11.8 Å². The van der Waals surface area contributed by atoms with Crippen LogP contribution in [0.2, 0.25) is 0 Å². The SMILES string of the molecule is CCCCC1CC(NC)CN(C2CCC2C)C1. The van der Waals surface area contributed by atoms with Crippen LogP contribution in [0.15, 0.2) is 0 Å². The molecule has 2 fully saturated rings. The number of rotatable bonds is 5. The Morgan fingerprint density at radius 1 is 1.24 bits per heavy atom. The molecule has 1 saturated heterocycles. The number of hydrogen-bond acceptors (Lipinski definition) is 2. The Labute approximate surface area is 107 Å². The molecule has 2 aliphatic rings. The summed E-state index contributed by atoms with van der Waals surface area (Å²) in [6.45, 7) is 7.39. The molecule has 0 spiro atoms. The highest BCUT2D eigenvalue weighted by atomic mass is 15.2. The number of hydrogen-bond donors (Lipinski definition) is 1. The molecule has 100 valence electrons. The predicted molar refractivity (Wildman–Crippen MR) is 74.2 cm³/mol. The van der Waals surface area contributed by atoms with E-state index in [0.29, 0.717) is 0 Å². The number of likely N-dealkylation sites (N-methyl/N-ethyl adjacent to an activating group) is 1. The van der Waals surface area contributed by atoms with Crippen molar-refractivity contribution < 1.29 is 0 Å². The van der Waals surface area contributed by atoms with Crippen molar-refractivity contribution in [3.05, 3.63) is 0 Å². The first-order valence-electron chi connectivity index (χ1n) is 7.65. The van der Waals surface area contributed by atoms with Gasteiger partial charge in [0.1, 0.15) is 0 Å².